The van der Waals surface area contributed by atoms with E-state index in [9.17, 15) is 22.8 Å². The van der Waals surface area contributed by atoms with Crippen molar-refractivity contribution >= 4 is 27.9 Å². The van der Waals surface area contributed by atoms with Gasteiger partial charge in [-0.1, -0.05) is 40.2 Å². The molecular weight excluding hydrogens is 453 g/mol. The van der Waals surface area contributed by atoms with Crippen LogP contribution in [0.3, 0.4) is 0 Å². The highest BCUT2D eigenvalue weighted by Gasteiger charge is 2.35. The molecule has 0 saturated heterocycles. The van der Waals surface area contributed by atoms with E-state index in [-0.39, 0.29) is 11.5 Å². The van der Waals surface area contributed by atoms with Crippen LogP contribution < -0.4 is 9.47 Å². The molecule has 0 unspecified atom stereocenters. The van der Waals surface area contributed by atoms with Crippen LogP contribution in [0.15, 0.2) is 77.3 Å². The van der Waals surface area contributed by atoms with Crippen molar-refractivity contribution in [3.63, 3.8) is 0 Å². The monoisotopic (exact) mass is 464 g/mol. The van der Waals surface area contributed by atoms with Gasteiger partial charge in [-0.25, -0.2) is 9.59 Å². The SMILES string of the molecule is O=C(Oc1cccc(OC(=O)c2ccccc2C(F)(F)F)c1)c1cccc(Br)c1. The van der Waals surface area contributed by atoms with Crippen LogP contribution in [-0.4, -0.2) is 11.9 Å². The van der Waals surface area contributed by atoms with E-state index in [0.717, 1.165) is 12.1 Å². The topological polar surface area (TPSA) is 52.6 Å². The second kappa shape index (κ2) is 8.48. The van der Waals surface area contributed by atoms with E-state index in [2.05, 4.69) is 15.9 Å². The van der Waals surface area contributed by atoms with Crippen LogP contribution in [0.1, 0.15) is 26.3 Å². The zero-order valence-corrected chi connectivity index (χ0v) is 16.2. The van der Waals surface area contributed by atoms with Crippen molar-refractivity contribution in [2.24, 2.45) is 0 Å². The molecule has 8 heteroatoms. The van der Waals surface area contributed by atoms with Gasteiger partial charge in [-0.3, -0.25) is 0 Å². The average molecular weight is 465 g/mol. The number of hydrogen-bond donors (Lipinski definition) is 0. The van der Waals surface area contributed by atoms with E-state index in [0.29, 0.717) is 10.0 Å². The molecule has 0 aliphatic rings. The highest BCUT2D eigenvalue weighted by Crippen LogP contribution is 2.32. The van der Waals surface area contributed by atoms with Gasteiger partial charge in [0.05, 0.1) is 16.7 Å². The van der Waals surface area contributed by atoms with E-state index in [1.165, 1.54) is 36.4 Å². The fraction of sp³-hybridized carbons (Fsp3) is 0.0476. The van der Waals surface area contributed by atoms with Crippen LogP contribution >= 0.6 is 15.9 Å². The van der Waals surface area contributed by atoms with Gasteiger partial charge in [0.15, 0.2) is 0 Å². The fourth-order valence-corrected chi connectivity index (χ4v) is 2.85. The lowest BCUT2D eigenvalue weighted by molar-refractivity contribution is -0.138. The number of halogens is 4. The van der Waals surface area contributed by atoms with Crippen LogP contribution in [0.2, 0.25) is 0 Å². The number of carbonyl (C=O) groups excluding carboxylic acids is 2. The number of rotatable bonds is 4. The maximum atomic E-state index is 13.1. The number of benzene rings is 3. The lowest BCUT2D eigenvalue weighted by Gasteiger charge is -2.12. The summed E-state index contributed by atoms with van der Waals surface area (Å²) in [6.07, 6.45) is -4.70. The summed E-state index contributed by atoms with van der Waals surface area (Å²) in [6, 6.07) is 16.4. The zero-order valence-electron chi connectivity index (χ0n) is 14.6. The molecule has 4 nitrogen and oxygen atoms in total. The third kappa shape index (κ3) is 5.23. The van der Waals surface area contributed by atoms with Crippen molar-refractivity contribution in [3.05, 3.63) is 94.0 Å². The summed E-state index contributed by atoms with van der Waals surface area (Å²) in [5.41, 5.74) is -1.42. The van der Waals surface area contributed by atoms with Crippen LogP contribution in [0.4, 0.5) is 13.2 Å². The third-order valence-corrected chi connectivity index (χ3v) is 4.23. The Morgan fingerprint density at radius 3 is 2.03 bits per heavy atom. The molecule has 0 fully saturated rings. The Bertz CT molecular complexity index is 1060. The van der Waals surface area contributed by atoms with Gasteiger partial charge in [0.2, 0.25) is 0 Å². The summed E-state index contributed by atoms with van der Waals surface area (Å²) in [5, 5.41) is 0. The van der Waals surface area contributed by atoms with Crippen LogP contribution in [0.5, 0.6) is 11.5 Å². The normalized spacial score (nSPS) is 11.0. The highest BCUT2D eigenvalue weighted by molar-refractivity contribution is 9.10. The summed E-state index contributed by atoms with van der Waals surface area (Å²) >= 11 is 3.25. The molecular formula is C21H12BrF3O4. The molecule has 0 heterocycles. The summed E-state index contributed by atoms with van der Waals surface area (Å²) in [5.74, 6) is -1.80. The molecule has 0 N–H and O–H groups in total. The molecule has 0 radical (unpaired) electrons. The zero-order chi connectivity index (χ0) is 21.0. The van der Waals surface area contributed by atoms with Gasteiger partial charge in [-0.15, -0.1) is 0 Å². The minimum Gasteiger partial charge on any atom is -0.423 e. The average Bonchev–Trinajstić information content (AvgIpc) is 2.67. The predicted octanol–water partition coefficient (Wildman–Crippen LogP) is 5.91. The molecule has 0 aromatic heterocycles. The standard InChI is InChI=1S/C21H12BrF3O4/c22-14-6-3-5-13(11-14)19(26)28-15-7-4-8-16(12-15)29-20(27)17-9-1-2-10-18(17)21(23,24)25/h1-12H. The maximum absolute atomic E-state index is 13.1. The van der Waals surface area contributed by atoms with Crippen molar-refractivity contribution in [2.75, 3.05) is 0 Å². The molecule has 0 bridgehead atoms. The minimum atomic E-state index is -4.70. The van der Waals surface area contributed by atoms with Gasteiger partial charge in [0.1, 0.15) is 11.5 Å². The van der Waals surface area contributed by atoms with Crippen LogP contribution in [0, 0.1) is 0 Å². The molecule has 3 aromatic carbocycles. The van der Waals surface area contributed by atoms with Crippen molar-refractivity contribution in [1.29, 1.82) is 0 Å². The van der Waals surface area contributed by atoms with Gasteiger partial charge < -0.3 is 9.47 Å². The Labute approximate surface area is 172 Å². The Kier molecular flexibility index (Phi) is 6.03. The first kappa shape index (κ1) is 20.6. The predicted molar refractivity (Wildman–Crippen MR) is 102 cm³/mol. The van der Waals surface area contributed by atoms with E-state index >= 15 is 0 Å². The van der Waals surface area contributed by atoms with Crippen molar-refractivity contribution < 1.29 is 32.2 Å². The Morgan fingerprint density at radius 2 is 1.38 bits per heavy atom. The molecule has 29 heavy (non-hydrogen) atoms. The van der Waals surface area contributed by atoms with Gasteiger partial charge in [-0.2, -0.15) is 13.2 Å². The first-order valence-electron chi connectivity index (χ1n) is 8.20. The van der Waals surface area contributed by atoms with Gasteiger partial charge in [0.25, 0.3) is 0 Å². The van der Waals surface area contributed by atoms with E-state index < -0.39 is 29.2 Å². The molecule has 0 aliphatic heterocycles. The van der Waals surface area contributed by atoms with Crippen LogP contribution in [-0.2, 0) is 6.18 Å². The molecule has 148 valence electrons. The first-order chi connectivity index (χ1) is 13.7. The van der Waals surface area contributed by atoms with Crippen molar-refractivity contribution in [2.45, 2.75) is 6.18 Å². The van der Waals surface area contributed by atoms with Gasteiger partial charge in [-0.05, 0) is 42.5 Å². The first-order valence-corrected chi connectivity index (χ1v) is 8.99. The highest BCUT2D eigenvalue weighted by atomic mass is 79.9. The van der Waals surface area contributed by atoms with Crippen molar-refractivity contribution in [3.8, 4) is 11.5 Å². The molecule has 0 spiro atoms. The molecule has 3 aromatic rings. The number of ether oxygens (including phenoxy) is 2. The van der Waals surface area contributed by atoms with Crippen molar-refractivity contribution in [1.82, 2.24) is 0 Å². The number of esters is 2. The molecule has 0 saturated carbocycles. The third-order valence-electron chi connectivity index (χ3n) is 3.74. The minimum absolute atomic E-state index is 0.0634. The Balaban J connectivity index is 1.77. The number of alkyl halides is 3. The lowest BCUT2D eigenvalue weighted by Crippen LogP contribution is -2.17. The summed E-state index contributed by atoms with van der Waals surface area (Å²) < 4.78 is 50.2. The summed E-state index contributed by atoms with van der Waals surface area (Å²) in [6.45, 7) is 0. The number of hydrogen-bond acceptors (Lipinski definition) is 4. The molecule has 0 atom stereocenters. The Morgan fingerprint density at radius 1 is 0.759 bits per heavy atom. The summed E-state index contributed by atoms with van der Waals surface area (Å²) in [7, 11) is 0. The van der Waals surface area contributed by atoms with Gasteiger partial charge >= 0.3 is 18.1 Å². The quantitative estimate of drug-likeness (QED) is 0.356. The number of carbonyl (C=O) groups is 2. The van der Waals surface area contributed by atoms with E-state index in [1.807, 2.05) is 0 Å². The van der Waals surface area contributed by atoms with E-state index in [1.54, 1.807) is 24.3 Å². The lowest BCUT2D eigenvalue weighted by atomic mass is 10.1. The second-order valence-electron chi connectivity index (χ2n) is 5.81. The van der Waals surface area contributed by atoms with Gasteiger partial charge in [0, 0.05) is 10.5 Å². The van der Waals surface area contributed by atoms with E-state index in [4.69, 9.17) is 9.47 Å². The Hall–Kier alpha value is -3.13. The molecule has 3 rings (SSSR count). The smallest absolute Gasteiger partial charge is 0.417 e. The largest absolute Gasteiger partial charge is 0.423 e. The molecule has 0 amide bonds. The molecule has 0 aliphatic carbocycles. The second-order valence-corrected chi connectivity index (χ2v) is 6.72. The maximum Gasteiger partial charge on any atom is 0.417 e. The van der Waals surface area contributed by atoms with Crippen LogP contribution in [0.25, 0.3) is 0 Å². The summed E-state index contributed by atoms with van der Waals surface area (Å²) in [4.78, 5) is 24.4. The fourth-order valence-electron chi connectivity index (χ4n) is 2.45.